The molecule has 1 unspecified atom stereocenters. The zero-order chi connectivity index (χ0) is 19.9. The summed E-state index contributed by atoms with van der Waals surface area (Å²) in [7, 11) is 1.51. The fourth-order valence-electron chi connectivity index (χ4n) is 2.87. The highest BCUT2D eigenvalue weighted by Gasteiger charge is 2.22. The predicted molar refractivity (Wildman–Crippen MR) is 104 cm³/mol. The van der Waals surface area contributed by atoms with Crippen LogP contribution in [-0.2, 0) is 16.1 Å². The molecule has 3 rings (SSSR count). The minimum Gasteiger partial charge on any atom is -0.357 e. The van der Waals surface area contributed by atoms with Crippen molar-refractivity contribution in [1.82, 2.24) is 20.4 Å². The van der Waals surface area contributed by atoms with E-state index in [9.17, 15) is 14.4 Å². The molecule has 0 saturated heterocycles. The molecule has 0 bridgehead atoms. The first kappa shape index (κ1) is 19.0. The van der Waals surface area contributed by atoms with Crippen LogP contribution in [0.2, 0.25) is 0 Å². The highest BCUT2D eigenvalue weighted by molar-refractivity contribution is 5.89. The third kappa shape index (κ3) is 4.32. The molecule has 0 fully saturated rings. The number of carbonyl (C=O) groups is 3. The average molecular weight is 376 g/mol. The second kappa shape index (κ2) is 8.77. The smallest absolute Gasteiger partial charge is 0.246 e. The van der Waals surface area contributed by atoms with Crippen LogP contribution in [0, 0.1) is 0 Å². The molecule has 2 aromatic carbocycles. The second-order valence-corrected chi connectivity index (χ2v) is 6.14. The van der Waals surface area contributed by atoms with Gasteiger partial charge in [-0.3, -0.25) is 19.1 Å². The molecule has 0 aliphatic carbocycles. The lowest BCUT2D eigenvalue weighted by molar-refractivity contribution is -0.129. The van der Waals surface area contributed by atoms with E-state index in [1.807, 2.05) is 36.4 Å². The Hall–Kier alpha value is -3.74. The molecular formula is C21H20N4O3. The van der Waals surface area contributed by atoms with Gasteiger partial charge in [0.1, 0.15) is 18.3 Å². The Morgan fingerprint density at radius 3 is 2.32 bits per heavy atom. The van der Waals surface area contributed by atoms with Crippen molar-refractivity contribution in [3.05, 3.63) is 78.0 Å². The summed E-state index contributed by atoms with van der Waals surface area (Å²) in [6, 6.07) is 17.4. The van der Waals surface area contributed by atoms with E-state index >= 15 is 0 Å². The number of carbonyl (C=O) groups excluding carboxylic acids is 3. The largest absolute Gasteiger partial charge is 0.357 e. The molecule has 1 heterocycles. The first-order chi connectivity index (χ1) is 13.6. The number of aromatic nitrogens is 2. The summed E-state index contributed by atoms with van der Waals surface area (Å²) in [4.78, 5) is 36.1. The average Bonchev–Trinajstić information content (AvgIpc) is 3.15. The van der Waals surface area contributed by atoms with Crippen molar-refractivity contribution in [3.8, 4) is 11.3 Å². The topological polar surface area (TPSA) is 93.1 Å². The Bertz CT molecular complexity index is 968. The second-order valence-electron chi connectivity index (χ2n) is 6.14. The van der Waals surface area contributed by atoms with Gasteiger partial charge in [-0.25, -0.2) is 0 Å². The number of hydrogen-bond acceptors (Lipinski definition) is 4. The van der Waals surface area contributed by atoms with E-state index in [0.29, 0.717) is 23.1 Å². The number of nitrogens with one attached hydrogen (secondary N) is 2. The highest BCUT2D eigenvalue weighted by atomic mass is 16.2. The molecule has 142 valence electrons. The molecule has 2 N–H and O–H groups in total. The van der Waals surface area contributed by atoms with Crippen molar-refractivity contribution < 1.29 is 14.4 Å². The number of nitrogens with zero attached hydrogens (tertiary/aromatic N) is 2. The Morgan fingerprint density at radius 1 is 1.07 bits per heavy atom. The van der Waals surface area contributed by atoms with Crippen LogP contribution < -0.4 is 10.6 Å². The van der Waals surface area contributed by atoms with Crippen molar-refractivity contribution in [2.75, 3.05) is 7.05 Å². The van der Waals surface area contributed by atoms with Crippen molar-refractivity contribution in [2.24, 2.45) is 0 Å². The standard InChI is InChI=1S/C21H20N4O3/c1-22-21(28)20(16-10-6-3-7-11-16)23-18(27)13-25-12-17(14-26)19(24-25)15-8-4-2-5-9-15/h2-12,14,20H,13H2,1H3,(H,22,28)(H,23,27). The van der Waals surface area contributed by atoms with Gasteiger partial charge in [0, 0.05) is 18.8 Å². The van der Waals surface area contributed by atoms with Gasteiger partial charge in [-0.15, -0.1) is 0 Å². The minimum atomic E-state index is -0.812. The molecule has 1 aromatic heterocycles. The molecule has 1 atom stereocenters. The number of likely N-dealkylation sites (N-methyl/N-ethyl adjacent to an activating group) is 1. The van der Waals surface area contributed by atoms with Crippen LogP contribution in [0.4, 0.5) is 0 Å². The van der Waals surface area contributed by atoms with Gasteiger partial charge >= 0.3 is 0 Å². The Kier molecular flexibility index (Phi) is 5.96. The van der Waals surface area contributed by atoms with Gasteiger partial charge in [0.2, 0.25) is 11.8 Å². The van der Waals surface area contributed by atoms with Crippen molar-refractivity contribution in [1.29, 1.82) is 0 Å². The van der Waals surface area contributed by atoms with E-state index in [2.05, 4.69) is 15.7 Å². The molecule has 0 radical (unpaired) electrons. The molecule has 0 aliphatic heterocycles. The van der Waals surface area contributed by atoms with Crippen LogP contribution >= 0.6 is 0 Å². The van der Waals surface area contributed by atoms with Gasteiger partial charge in [-0.05, 0) is 5.56 Å². The van der Waals surface area contributed by atoms with Crippen LogP contribution in [0.1, 0.15) is 22.0 Å². The van der Waals surface area contributed by atoms with E-state index < -0.39 is 11.9 Å². The minimum absolute atomic E-state index is 0.117. The molecule has 7 heteroatoms. The summed E-state index contributed by atoms with van der Waals surface area (Å²) >= 11 is 0. The fourth-order valence-corrected chi connectivity index (χ4v) is 2.87. The zero-order valence-corrected chi connectivity index (χ0v) is 15.3. The molecular weight excluding hydrogens is 356 g/mol. The predicted octanol–water partition coefficient (Wildman–Crippen LogP) is 1.97. The summed E-state index contributed by atoms with van der Waals surface area (Å²) in [5, 5.41) is 9.63. The molecule has 0 saturated carbocycles. The monoisotopic (exact) mass is 376 g/mol. The summed E-state index contributed by atoms with van der Waals surface area (Å²) < 4.78 is 1.40. The zero-order valence-electron chi connectivity index (χ0n) is 15.3. The van der Waals surface area contributed by atoms with Crippen molar-refractivity contribution in [2.45, 2.75) is 12.6 Å². The molecule has 2 amide bonds. The molecule has 0 aliphatic rings. The number of aldehydes is 1. The fraction of sp³-hybridized carbons (Fsp3) is 0.143. The molecule has 28 heavy (non-hydrogen) atoms. The van der Waals surface area contributed by atoms with Gasteiger partial charge < -0.3 is 10.6 Å². The van der Waals surface area contributed by atoms with Gasteiger partial charge in [0.15, 0.2) is 6.29 Å². The first-order valence-electron chi connectivity index (χ1n) is 8.76. The van der Waals surface area contributed by atoms with E-state index in [1.54, 1.807) is 24.3 Å². The van der Waals surface area contributed by atoms with Gasteiger partial charge in [-0.2, -0.15) is 5.10 Å². The normalized spacial score (nSPS) is 11.5. The summed E-state index contributed by atoms with van der Waals surface area (Å²) in [6.45, 7) is -0.117. The van der Waals surface area contributed by atoms with E-state index in [1.165, 1.54) is 17.9 Å². The van der Waals surface area contributed by atoms with Gasteiger partial charge in [0.05, 0.1) is 5.56 Å². The Labute approximate surface area is 162 Å². The van der Waals surface area contributed by atoms with E-state index in [4.69, 9.17) is 0 Å². The number of benzene rings is 2. The lowest BCUT2D eigenvalue weighted by Gasteiger charge is -2.17. The lowest BCUT2D eigenvalue weighted by Crippen LogP contribution is -2.40. The summed E-state index contributed by atoms with van der Waals surface area (Å²) in [6.07, 6.45) is 2.23. The van der Waals surface area contributed by atoms with Crippen LogP contribution in [0.5, 0.6) is 0 Å². The van der Waals surface area contributed by atoms with Crippen LogP contribution in [0.25, 0.3) is 11.3 Å². The maximum atomic E-state index is 12.5. The van der Waals surface area contributed by atoms with Crippen LogP contribution in [0.3, 0.4) is 0 Å². The van der Waals surface area contributed by atoms with Crippen LogP contribution in [-0.4, -0.2) is 34.9 Å². The number of amides is 2. The summed E-state index contributed by atoms with van der Waals surface area (Å²) in [5.74, 6) is -0.712. The maximum Gasteiger partial charge on any atom is 0.246 e. The SMILES string of the molecule is CNC(=O)C(NC(=O)Cn1cc(C=O)c(-c2ccccc2)n1)c1ccccc1. The van der Waals surface area contributed by atoms with Gasteiger partial charge in [-0.1, -0.05) is 60.7 Å². The third-order valence-corrected chi connectivity index (χ3v) is 4.22. The van der Waals surface area contributed by atoms with Crippen molar-refractivity contribution >= 4 is 18.1 Å². The molecule has 0 spiro atoms. The van der Waals surface area contributed by atoms with E-state index in [-0.39, 0.29) is 12.5 Å². The Morgan fingerprint density at radius 2 is 1.71 bits per heavy atom. The maximum absolute atomic E-state index is 12.5. The van der Waals surface area contributed by atoms with Gasteiger partial charge in [0.25, 0.3) is 0 Å². The van der Waals surface area contributed by atoms with E-state index in [0.717, 1.165) is 5.56 Å². The molecule has 7 nitrogen and oxygen atoms in total. The van der Waals surface area contributed by atoms with Crippen LogP contribution in [0.15, 0.2) is 66.9 Å². The van der Waals surface area contributed by atoms with Crippen molar-refractivity contribution in [3.63, 3.8) is 0 Å². The Balaban J connectivity index is 1.78. The summed E-state index contributed by atoms with van der Waals surface area (Å²) in [5.41, 5.74) is 2.37. The third-order valence-electron chi connectivity index (χ3n) is 4.22. The molecule has 3 aromatic rings. The quantitative estimate of drug-likeness (QED) is 0.617. The first-order valence-corrected chi connectivity index (χ1v) is 8.76. The lowest BCUT2D eigenvalue weighted by atomic mass is 10.1. The highest BCUT2D eigenvalue weighted by Crippen LogP contribution is 2.20. The number of rotatable bonds is 7. The number of hydrogen-bond donors (Lipinski definition) is 2.